The van der Waals surface area contributed by atoms with Crippen molar-refractivity contribution in [3.63, 3.8) is 0 Å². The van der Waals surface area contributed by atoms with E-state index in [1.54, 1.807) is 7.11 Å². The Bertz CT molecular complexity index is 816. The normalized spacial score (nSPS) is 16.9. The van der Waals surface area contributed by atoms with E-state index >= 15 is 0 Å². The van der Waals surface area contributed by atoms with Crippen molar-refractivity contribution in [1.82, 2.24) is 9.80 Å². The van der Waals surface area contributed by atoms with Crippen molar-refractivity contribution in [1.29, 1.82) is 0 Å². The Morgan fingerprint density at radius 3 is 2.52 bits per heavy atom. The summed E-state index contributed by atoms with van der Waals surface area (Å²) in [4.78, 5) is 17.1. The van der Waals surface area contributed by atoms with Gasteiger partial charge in [-0.3, -0.25) is 9.69 Å². The molecule has 0 unspecified atom stereocenters. The second-order valence-electron chi connectivity index (χ2n) is 6.75. The van der Waals surface area contributed by atoms with Gasteiger partial charge in [-0.05, 0) is 29.8 Å². The van der Waals surface area contributed by atoms with Gasteiger partial charge in [0, 0.05) is 32.7 Å². The third-order valence-electron chi connectivity index (χ3n) is 5.01. The van der Waals surface area contributed by atoms with Gasteiger partial charge in [0.1, 0.15) is 19.0 Å². The molecule has 0 N–H and O–H groups in total. The molecule has 1 amide bonds. The van der Waals surface area contributed by atoms with Gasteiger partial charge in [-0.25, -0.2) is 0 Å². The largest absolute Gasteiger partial charge is 0.496 e. The summed E-state index contributed by atoms with van der Waals surface area (Å²) in [6.07, 6.45) is 0. The molecule has 1 saturated heterocycles. The van der Waals surface area contributed by atoms with Crippen LogP contribution in [-0.4, -0.2) is 62.2 Å². The maximum atomic E-state index is 12.8. The van der Waals surface area contributed by atoms with Crippen molar-refractivity contribution in [2.24, 2.45) is 0 Å². The second-order valence-corrected chi connectivity index (χ2v) is 6.75. The third kappa shape index (κ3) is 3.85. The molecule has 6 heteroatoms. The van der Waals surface area contributed by atoms with Gasteiger partial charge in [0.2, 0.25) is 0 Å². The fraction of sp³-hybridized carbons (Fsp3) is 0.381. The summed E-state index contributed by atoms with van der Waals surface area (Å²) in [6, 6.07) is 13.5. The van der Waals surface area contributed by atoms with Crippen LogP contribution < -0.4 is 14.2 Å². The number of benzene rings is 2. The van der Waals surface area contributed by atoms with Gasteiger partial charge in [0.05, 0.1) is 12.7 Å². The number of piperazine rings is 1. The Kier molecular flexibility index (Phi) is 5.16. The summed E-state index contributed by atoms with van der Waals surface area (Å²) in [6.45, 7) is 5.15. The van der Waals surface area contributed by atoms with Crippen LogP contribution in [0, 0.1) is 0 Å². The molecule has 2 aromatic carbocycles. The Labute approximate surface area is 159 Å². The minimum absolute atomic E-state index is 0.0337. The summed E-state index contributed by atoms with van der Waals surface area (Å²) < 4.78 is 16.6. The van der Waals surface area contributed by atoms with Gasteiger partial charge in [-0.15, -0.1) is 0 Å². The number of fused-ring (bicyclic) bond motifs is 1. The van der Waals surface area contributed by atoms with Crippen LogP contribution in [0.15, 0.2) is 42.5 Å². The van der Waals surface area contributed by atoms with Crippen molar-refractivity contribution < 1.29 is 19.0 Å². The molecule has 6 nitrogen and oxygen atoms in total. The molecular weight excluding hydrogens is 344 g/mol. The molecule has 0 aliphatic carbocycles. The number of methoxy groups -OCH3 is 1. The first-order valence-corrected chi connectivity index (χ1v) is 9.28. The van der Waals surface area contributed by atoms with E-state index < -0.39 is 0 Å². The van der Waals surface area contributed by atoms with Crippen molar-refractivity contribution in [3.05, 3.63) is 53.6 Å². The highest BCUT2D eigenvalue weighted by Gasteiger charge is 2.24. The van der Waals surface area contributed by atoms with E-state index in [1.807, 2.05) is 35.2 Å². The van der Waals surface area contributed by atoms with Gasteiger partial charge < -0.3 is 19.1 Å². The summed E-state index contributed by atoms with van der Waals surface area (Å²) in [7, 11) is 1.59. The molecule has 0 atom stereocenters. The number of amides is 1. The van der Waals surface area contributed by atoms with E-state index in [0.29, 0.717) is 37.6 Å². The fourth-order valence-electron chi connectivity index (χ4n) is 3.55. The SMILES string of the molecule is COc1ccccc1C(=O)N1CCN(Cc2ccc3c(c2)OCCO3)CC1. The lowest BCUT2D eigenvalue weighted by molar-refractivity contribution is 0.0625. The molecule has 142 valence electrons. The Morgan fingerprint density at radius 1 is 1.00 bits per heavy atom. The van der Waals surface area contributed by atoms with E-state index in [9.17, 15) is 4.79 Å². The number of rotatable bonds is 4. The number of nitrogens with zero attached hydrogens (tertiary/aromatic N) is 2. The molecule has 2 aliphatic heterocycles. The van der Waals surface area contributed by atoms with Crippen molar-refractivity contribution in [2.75, 3.05) is 46.5 Å². The zero-order chi connectivity index (χ0) is 18.6. The van der Waals surface area contributed by atoms with E-state index in [1.165, 1.54) is 5.56 Å². The molecule has 2 aromatic rings. The van der Waals surface area contributed by atoms with E-state index in [4.69, 9.17) is 14.2 Å². The number of hydrogen-bond acceptors (Lipinski definition) is 5. The average molecular weight is 368 g/mol. The van der Waals surface area contributed by atoms with Crippen LogP contribution >= 0.6 is 0 Å². The van der Waals surface area contributed by atoms with Gasteiger partial charge in [0.25, 0.3) is 5.91 Å². The second kappa shape index (κ2) is 7.88. The fourth-order valence-corrected chi connectivity index (χ4v) is 3.55. The number of carbonyl (C=O) groups is 1. The zero-order valence-electron chi connectivity index (χ0n) is 15.5. The molecule has 4 rings (SSSR count). The van der Waals surface area contributed by atoms with E-state index in [2.05, 4.69) is 17.0 Å². The smallest absolute Gasteiger partial charge is 0.257 e. The summed E-state index contributed by atoms with van der Waals surface area (Å²) in [5.41, 5.74) is 1.82. The summed E-state index contributed by atoms with van der Waals surface area (Å²) in [5, 5.41) is 0. The standard InChI is InChI=1S/C21H24N2O4/c1-25-18-5-3-2-4-17(18)21(24)23-10-8-22(9-11-23)15-16-6-7-19-20(14-16)27-13-12-26-19/h2-7,14H,8-13,15H2,1H3. The van der Waals surface area contributed by atoms with Crippen LogP contribution in [0.1, 0.15) is 15.9 Å². The third-order valence-corrected chi connectivity index (χ3v) is 5.01. The summed E-state index contributed by atoms with van der Waals surface area (Å²) >= 11 is 0. The number of hydrogen-bond donors (Lipinski definition) is 0. The van der Waals surface area contributed by atoms with E-state index in [-0.39, 0.29) is 5.91 Å². The molecule has 0 spiro atoms. The Hall–Kier alpha value is -2.73. The van der Waals surface area contributed by atoms with Crippen molar-refractivity contribution >= 4 is 5.91 Å². The Morgan fingerprint density at radius 2 is 1.74 bits per heavy atom. The lowest BCUT2D eigenvalue weighted by Gasteiger charge is -2.35. The molecule has 2 aliphatic rings. The van der Waals surface area contributed by atoms with Crippen LogP contribution in [0.5, 0.6) is 17.2 Å². The highest BCUT2D eigenvalue weighted by molar-refractivity contribution is 5.97. The molecule has 0 aromatic heterocycles. The molecule has 0 radical (unpaired) electrons. The molecule has 27 heavy (non-hydrogen) atoms. The first kappa shape index (κ1) is 17.7. The monoisotopic (exact) mass is 368 g/mol. The van der Waals surface area contributed by atoms with Crippen LogP contribution in [0.4, 0.5) is 0 Å². The van der Waals surface area contributed by atoms with Crippen LogP contribution in [0.3, 0.4) is 0 Å². The maximum Gasteiger partial charge on any atom is 0.257 e. The minimum Gasteiger partial charge on any atom is -0.496 e. The Balaban J connectivity index is 1.36. The predicted octanol–water partition coefficient (Wildman–Crippen LogP) is 2.42. The first-order chi connectivity index (χ1) is 13.2. The van der Waals surface area contributed by atoms with Crippen LogP contribution in [0.2, 0.25) is 0 Å². The first-order valence-electron chi connectivity index (χ1n) is 9.28. The van der Waals surface area contributed by atoms with Gasteiger partial charge in [-0.2, -0.15) is 0 Å². The van der Waals surface area contributed by atoms with Crippen molar-refractivity contribution in [3.8, 4) is 17.2 Å². The lowest BCUT2D eigenvalue weighted by atomic mass is 10.1. The predicted molar refractivity (Wildman–Crippen MR) is 102 cm³/mol. The lowest BCUT2D eigenvalue weighted by Crippen LogP contribution is -2.48. The van der Waals surface area contributed by atoms with Gasteiger partial charge in [-0.1, -0.05) is 18.2 Å². The van der Waals surface area contributed by atoms with Gasteiger partial charge >= 0.3 is 0 Å². The van der Waals surface area contributed by atoms with Gasteiger partial charge in [0.15, 0.2) is 11.5 Å². The maximum absolute atomic E-state index is 12.8. The van der Waals surface area contributed by atoms with Crippen molar-refractivity contribution in [2.45, 2.75) is 6.54 Å². The molecule has 0 saturated carbocycles. The number of carbonyl (C=O) groups excluding carboxylic acids is 1. The average Bonchev–Trinajstić information content (AvgIpc) is 2.73. The quantitative estimate of drug-likeness (QED) is 0.830. The van der Waals surface area contributed by atoms with Crippen LogP contribution in [0.25, 0.3) is 0 Å². The van der Waals surface area contributed by atoms with Crippen LogP contribution in [-0.2, 0) is 6.54 Å². The molecule has 2 heterocycles. The summed E-state index contributed by atoms with van der Waals surface area (Å²) in [5.74, 6) is 2.30. The number of para-hydroxylation sites is 1. The zero-order valence-corrected chi connectivity index (χ0v) is 15.5. The highest BCUT2D eigenvalue weighted by atomic mass is 16.6. The number of ether oxygens (including phenoxy) is 3. The topological polar surface area (TPSA) is 51.2 Å². The van der Waals surface area contributed by atoms with E-state index in [0.717, 1.165) is 31.1 Å². The molecular formula is C21H24N2O4. The molecule has 1 fully saturated rings. The minimum atomic E-state index is 0.0337. The molecule has 0 bridgehead atoms. The highest BCUT2D eigenvalue weighted by Crippen LogP contribution is 2.31.